The highest BCUT2D eigenvalue weighted by atomic mass is 35.5. The number of carbonyl (C=O) groups is 1. The first-order chi connectivity index (χ1) is 12.4. The molecular weight excluding hydrogens is 355 g/mol. The summed E-state index contributed by atoms with van der Waals surface area (Å²) in [6, 6.07) is 6.67. The lowest BCUT2D eigenvalue weighted by atomic mass is 10.2. The third-order valence-electron chi connectivity index (χ3n) is 4.86. The molecule has 2 heterocycles. The minimum atomic E-state index is -0.284. The summed E-state index contributed by atoms with van der Waals surface area (Å²) in [4.78, 5) is 17.1. The zero-order chi connectivity index (χ0) is 18.8. The molecule has 1 amide bonds. The first-order valence-corrected chi connectivity index (χ1v) is 9.25. The van der Waals surface area contributed by atoms with Crippen LogP contribution in [0.5, 0.6) is 0 Å². The second kappa shape index (κ2) is 7.76. The summed E-state index contributed by atoms with van der Waals surface area (Å²) in [5.74, 6) is -0.353. The van der Waals surface area contributed by atoms with Crippen LogP contribution in [-0.4, -0.2) is 57.7 Å². The summed E-state index contributed by atoms with van der Waals surface area (Å²) in [6.07, 6.45) is 0. The molecule has 1 aliphatic rings. The van der Waals surface area contributed by atoms with Gasteiger partial charge in [-0.15, -0.1) is 0 Å². The van der Waals surface area contributed by atoms with E-state index in [4.69, 9.17) is 11.6 Å². The molecule has 0 N–H and O–H groups in total. The van der Waals surface area contributed by atoms with Crippen LogP contribution >= 0.6 is 11.6 Å². The Morgan fingerprint density at radius 2 is 1.81 bits per heavy atom. The van der Waals surface area contributed by atoms with Crippen LogP contribution in [0.1, 0.15) is 35.5 Å². The Hall–Kier alpha value is -1.92. The van der Waals surface area contributed by atoms with Crippen LogP contribution in [0.3, 0.4) is 0 Å². The van der Waals surface area contributed by atoms with Crippen LogP contribution in [0.4, 0.5) is 4.39 Å². The maximum Gasteiger partial charge on any atom is 0.258 e. The van der Waals surface area contributed by atoms with Crippen molar-refractivity contribution in [1.29, 1.82) is 0 Å². The number of amides is 1. The monoisotopic (exact) mass is 378 g/mol. The number of nitrogens with zero attached hydrogens (tertiary/aromatic N) is 4. The van der Waals surface area contributed by atoms with E-state index >= 15 is 0 Å². The Morgan fingerprint density at radius 3 is 2.38 bits per heavy atom. The van der Waals surface area contributed by atoms with Gasteiger partial charge in [-0.05, 0) is 38.5 Å². The highest BCUT2D eigenvalue weighted by Crippen LogP contribution is 2.23. The van der Waals surface area contributed by atoms with Crippen LogP contribution in [0.15, 0.2) is 24.3 Å². The van der Waals surface area contributed by atoms with Crippen molar-refractivity contribution in [3.05, 3.63) is 52.1 Å². The van der Waals surface area contributed by atoms with Crippen LogP contribution in [0, 0.1) is 12.7 Å². The summed E-state index contributed by atoms with van der Waals surface area (Å²) in [6.45, 7) is 9.63. The molecule has 1 aromatic carbocycles. The number of aromatic nitrogens is 2. The second-order valence-corrected chi connectivity index (χ2v) is 7.32. The molecular formula is C19H24ClFN4O. The van der Waals surface area contributed by atoms with E-state index in [0.29, 0.717) is 42.1 Å². The molecule has 1 saturated heterocycles. The average molecular weight is 379 g/mol. The fraction of sp³-hybridized carbons (Fsp3) is 0.474. The largest absolute Gasteiger partial charge is 0.336 e. The number of halogens is 2. The van der Waals surface area contributed by atoms with Gasteiger partial charge in [-0.25, -0.2) is 9.07 Å². The zero-order valence-electron chi connectivity index (χ0n) is 15.4. The molecule has 1 aliphatic heterocycles. The van der Waals surface area contributed by atoms with Gasteiger partial charge in [0.1, 0.15) is 11.0 Å². The minimum absolute atomic E-state index is 0.0683. The fourth-order valence-corrected chi connectivity index (χ4v) is 3.58. The standard InChI is InChI=1S/C19H24ClFN4O/c1-13(2)23-8-10-24(11-9-23)19(26)17-14(3)22-25(18(17)20)12-15-4-6-16(21)7-5-15/h4-7,13H,8-12H2,1-3H3. The molecule has 0 aliphatic carbocycles. The number of hydrogen-bond donors (Lipinski definition) is 0. The van der Waals surface area contributed by atoms with Gasteiger partial charge >= 0.3 is 0 Å². The van der Waals surface area contributed by atoms with Gasteiger partial charge in [-0.3, -0.25) is 9.69 Å². The number of aryl methyl sites for hydroxylation is 1. The summed E-state index contributed by atoms with van der Waals surface area (Å²) in [7, 11) is 0. The van der Waals surface area contributed by atoms with Crippen LogP contribution in [0.25, 0.3) is 0 Å². The average Bonchev–Trinajstić information content (AvgIpc) is 2.90. The summed E-state index contributed by atoms with van der Waals surface area (Å²) in [5, 5.41) is 4.76. The summed E-state index contributed by atoms with van der Waals surface area (Å²) >= 11 is 6.47. The van der Waals surface area contributed by atoms with E-state index in [1.54, 1.807) is 23.7 Å². The number of benzene rings is 1. The van der Waals surface area contributed by atoms with Gasteiger partial charge in [-0.2, -0.15) is 5.10 Å². The molecule has 0 atom stereocenters. The highest BCUT2D eigenvalue weighted by Gasteiger charge is 2.28. The highest BCUT2D eigenvalue weighted by molar-refractivity contribution is 6.33. The van der Waals surface area contributed by atoms with Crippen molar-refractivity contribution in [3.63, 3.8) is 0 Å². The smallest absolute Gasteiger partial charge is 0.258 e. The predicted octanol–water partition coefficient (Wildman–Crippen LogP) is 3.20. The first kappa shape index (κ1) is 18.9. The molecule has 140 valence electrons. The van der Waals surface area contributed by atoms with E-state index in [2.05, 4.69) is 23.8 Å². The SMILES string of the molecule is Cc1nn(Cc2ccc(F)cc2)c(Cl)c1C(=O)N1CCN(C(C)C)CC1. The van der Waals surface area contributed by atoms with Crippen molar-refractivity contribution in [3.8, 4) is 0 Å². The van der Waals surface area contributed by atoms with Crippen molar-refractivity contribution in [2.45, 2.75) is 33.4 Å². The van der Waals surface area contributed by atoms with Crippen molar-refractivity contribution in [1.82, 2.24) is 19.6 Å². The molecule has 0 unspecified atom stereocenters. The van der Waals surface area contributed by atoms with Crippen molar-refractivity contribution >= 4 is 17.5 Å². The van der Waals surface area contributed by atoms with Crippen LogP contribution in [-0.2, 0) is 6.54 Å². The maximum atomic E-state index is 13.1. The molecule has 0 bridgehead atoms. The molecule has 7 heteroatoms. The van der Waals surface area contributed by atoms with E-state index in [1.165, 1.54) is 12.1 Å². The van der Waals surface area contributed by atoms with E-state index in [-0.39, 0.29) is 11.7 Å². The van der Waals surface area contributed by atoms with Crippen molar-refractivity contribution in [2.75, 3.05) is 26.2 Å². The Balaban J connectivity index is 1.75. The summed E-state index contributed by atoms with van der Waals surface area (Å²) < 4.78 is 14.7. The van der Waals surface area contributed by atoms with Gasteiger partial charge in [0.15, 0.2) is 0 Å². The van der Waals surface area contributed by atoms with Gasteiger partial charge in [0.05, 0.1) is 17.8 Å². The van der Waals surface area contributed by atoms with Crippen molar-refractivity contribution in [2.24, 2.45) is 0 Å². The number of carbonyl (C=O) groups excluding carboxylic acids is 1. The normalized spacial score (nSPS) is 15.7. The lowest BCUT2D eigenvalue weighted by molar-refractivity contribution is 0.0595. The third-order valence-corrected chi connectivity index (χ3v) is 5.24. The van der Waals surface area contributed by atoms with Crippen LogP contribution in [0.2, 0.25) is 5.15 Å². The predicted molar refractivity (Wildman–Crippen MR) is 100 cm³/mol. The molecule has 2 aromatic rings. The molecule has 1 aromatic heterocycles. The van der Waals surface area contributed by atoms with E-state index < -0.39 is 0 Å². The zero-order valence-corrected chi connectivity index (χ0v) is 16.1. The molecule has 0 saturated carbocycles. The molecule has 5 nitrogen and oxygen atoms in total. The molecule has 0 radical (unpaired) electrons. The molecule has 1 fully saturated rings. The van der Waals surface area contributed by atoms with Gasteiger partial charge in [0.25, 0.3) is 5.91 Å². The Kier molecular flexibility index (Phi) is 5.63. The number of hydrogen-bond acceptors (Lipinski definition) is 3. The van der Waals surface area contributed by atoms with E-state index in [1.807, 2.05) is 4.90 Å². The molecule has 0 spiro atoms. The molecule has 26 heavy (non-hydrogen) atoms. The maximum absolute atomic E-state index is 13.1. The van der Waals surface area contributed by atoms with Gasteiger partial charge in [-0.1, -0.05) is 23.7 Å². The first-order valence-electron chi connectivity index (χ1n) is 8.87. The minimum Gasteiger partial charge on any atom is -0.336 e. The van der Waals surface area contributed by atoms with Gasteiger partial charge in [0, 0.05) is 32.2 Å². The lowest BCUT2D eigenvalue weighted by Crippen LogP contribution is -2.50. The number of rotatable bonds is 4. The topological polar surface area (TPSA) is 41.4 Å². The van der Waals surface area contributed by atoms with Gasteiger partial charge < -0.3 is 4.90 Å². The number of piperazine rings is 1. The second-order valence-electron chi connectivity index (χ2n) is 6.96. The Bertz CT molecular complexity index is 780. The van der Waals surface area contributed by atoms with Crippen molar-refractivity contribution < 1.29 is 9.18 Å². The fourth-order valence-electron chi connectivity index (χ4n) is 3.26. The quantitative estimate of drug-likeness (QED) is 0.820. The summed E-state index contributed by atoms with van der Waals surface area (Å²) in [5.41, 5.74) is 1.96. The van der Waals surface area contributed by atoms with Crippen LogP contribution < -0.4 is 0 Å². The Labute approximate surface area is 158 Å². The Morgan fingerprint density at radius 1 is 1.19 bits per heavy atom. The van der Waals surface area contributed by atoms with E-state index in [9.17, 15) is 9.18 Å². The van der Waals surface area contributed by atoms with E-state index in [0.717, 1.165) is 18.7 Å². The molecule has 3 rings (SSSR count). The lowest BCUT2D eigenvalue weighted by Gasteiger charge is -2.36. The van der Waals surface area contributed by atoms with Gasteiger partial charge in [0.2, 0.25) is 0 Å². The third kappa shape index (κ3) is 3.91.